The molecule has 2 rings (SSSR count). The first kappa shape index (κ1) is 16.9. The van der Waals surface area contributed by atoms with Crippen LogP contribution in [0.2, 0.25) is 0 Å². The van der Waals surface area contributed by atoms with Gasteiger partial charge < -0.3 is 10.4 Å². The molecule has 0 aliphatic rings. The van der Waals surface area contributed by atoms with Crippen LogP contribution in [0.4, 0.5) is 13.2 Å². The number of aromatic nitrogens is 3. The third-order valence-corrected chi connectivity index (χ3v) is 3.93. The van der Waals surface area contributed by atoms with Crippen molar-refractivity contribution < 1.29 is 27.9 Å². The first-order chi connectivity index (χ1) is 10.6. The lowest BCUT2D eigenvalue weighted by molar-refractivity contribution is -0.145. The molecule has 0 fully saturated rings. The summed E-state index contributed by atoms with van der Waals surface area (Å²) in [4.78, 5) is 26.7. The number of carbonyl (C=O) groups excluding carboxylic acids is 1. The van der Waals surface area contributed by atoms with E-state index >= 15 is 0 Å². The second kappa shape index (κ2) is 5.99. The Balaban J connectivity index is 2.11. The Labute approximate surface area is 131 Å². The highest BCUT2D eigenvalue weighted by molar-refractivity contribution is 7.14. The highest BCUT2D eigenvalue weighted by Gasteiger charge is 2.36. The molecule has 0 aliphatic heterocycles. The van der Waals surface area contributed by atoms with E-state index < -0.39 is 23.9 Å². The second-order valence-corrected chi connectivity index (χ2v) is 5.80. The van der Waals surface area contributed by atoms with Gasteiger partial charge in [-0.1, -0.05) is 0 Å². The number of aryl methyl sites for hydroxylation is 2. The van der Waals surface area contributed by atoms with Crippen molar-refractivity contribution in [3.8, 4) is 0 Å². The van der Waals surface area contributed by atoms with Crippen LogP contribution in [0, 0.1) is 6.92 Å². The number of aromatic carboxylic acids is 1. The van der Waals surface area contributed by atoms with Crippen molar-refractivity contribution in [2.45, 2.75) is 19.6 Å². The molecule has 1 amide bonds. The monoisotopic (exact) mass is 348 g/mol. The lowest BCUT2D eigenvalue weighted by atomic mass is 10.2. The van der Waals surface area contributed by atoms with Crippen molar-refractivity contribution in [1.29, 1.82) is 0 Å². The minimum absolute atomic E-state index is 0.00525. The van der Waals surface area contributed by atoms with Crippen LogP contribution < -0.4 is 5.32 Å². The average Bonchev–Trinajstić information content (AvgIpc) is 2.99. The summed E-state index contributed by atoms with van der Waals surface area (Å²) < 4.78 is 38.4. The van der Waals surface area contributed by atoms with Gasteiger partial charge in [-0.3, -0.25) is 9.48 Å². The molecule has 0 radical (unpaired) electrons. The third-order valence-electron chi connectivity index (χ3n) is 2.89. The molecule has 23 heavy (non-hydrogen) atoms. The van der Waals surface area contributed by atoms with Gasteiger partial charge in [-0.15, -0.1) is 16.4 Å². The fraction of sp³-hybridized carbons (Fsp3) is 0.333. The fourth-order valence-electron chi connectivity index (χ4n) is 1.76. The molecule has 0 spiro atoms. The molecule has 11 heteroatoms. The standard InChI is InChI=1S/C12H11F3N4O3S/c1-5-6(3-7(23-5)10(21)22)9(20)16-4-8-17-11(12(13,14)15)18-19(8)2/h3H,4H2,1-2H3,(H,16,20)(H,21,22). The van der Waals surface area contributed by atoms with E-state index in [1.54, 1.807) is 6.92 Å². The van der Waals surface area contributed by atoms with Gasteiger partial charge in [0.2, 0.25) is 0 Å². The largest absolute Gasteiger partial charge is 0.477 e. The number of carbonyl (C=O) groups is 2. The Morgan fingerprint density at radius 3 is 2.57 bits per heavy atom. The zero-order valence-corrected chi connectivity index (χ0v) is 12.7. The molecule has 2 heterocycles. The number of rotatable bonds is 4. The Morgan fingerprint density at radius 2 is 2.09 bits per heavy atom. The van der Waals surface area contributed by atoms with Gasteiger partial charge in [-0.25, -0.2) is 9.78 Å². The van der Waals surface area contributed by atoms with E-state index in [2.05, 4.69) is 15.4 Å². The Morgan fingerprint density at radius 1 is 1.43 bits per heavy atom. The quantitative estimate of drug-likeness (QED) is 0.879. The zero-order chi connectivity index (χ0) is 17.4. The van der Waals surface area contributed by atoms with E-state index in [-0.39, 0.29) is 22.8 Å². The second-order valence-electron chi connectivity index (χ2n) is 4.54. The first-order valence-electron chi connectivity index (χ1n) is 6.18. The predicted octanol–water partition coefficient (Wildman–Crippen LogP) is 1.83. The van der Waals surface area contributed by atoms with Crippen LogP contribution in [0.1, 0.15) is 36.6 Å². The molecule has 0 aromatic carbocycles. The molecule has 124 valence electrons. The van der Waals surface area contributed by atoms with Gasteiger partial charge in [-0.05, 0) is 13.0 Å². The number of carboxylic acids is 1. The zero-order valence-electron chi connectivity index (χ0n) is 11.9. The molecular formula is C12H11F3N4O3S. The lowest BCUT2D eigenvalue weighted by Crippen LogP contribution is -2.24. The number of hydrogen-bond acceptors (Lipinski definition) is 5. The highest BCUT2D eigenvalue weighted by atomic mass is 32.1. The number of hydrogen-bond donors (Lipinski definition) is 2. The smallest absolute Gasteiger partial charge is 0.453 e. The topological polar surface area (TPSA) is 97.1 Å². The van der Waals surface area contributed by atoms with Crippen molar-refractivity contribution in [3.63, 3.8) is 0 Å². The van der Waals surface area contributed by atoms with Gasteiger partial charge in [0.1, 0.15) is 10.7 Å². The molecule has 0 saturated carbocycles. The molecule has 2 aromatic rings. The van der Waals surface area contributed by atoms with E-state index in [0.29, 0.717) is 4.88 Å². The van der Waals surface area contributed by atoms with Crippen LogP contribution in [0.25, 0.3) is 0 Å². The number of thiophene rings is 1. The summed E-state index contributed by atoms with van der Waals surface area (Å²) in [5.41, 5.74) is 0.158. The van der Waals surface area contributed by atoms with Crippen LogP contribution in [0.15, 0.2) is 6.07 Å². The summed E-state index contributed by atoms with van der Waals surface area (Å²) in [5.74, 6) is -3.11. The van der Waals surface area contributed by atoms with E-state index in [1.807, 2.05) is 0 Å². The van der Waals surface area contributed by atoms with Gasteiger partial charge in [0.05, 0.1) is 12.1 Å². The molecule has 0 saturated heterocycles. The summed E-state index contributed by atoms with van der Waals surface area (Å²) >= 11 is 0.941. The predicted molar refractivity (Wildman–Crippen MR) is 73.2 cm³/mol. The minimum atomic E-state index is -4.67. The van der Waals surface area contributed by atoms with Crippen LogP contribution in [-0.4, -0.2) is 31.7 Å². The van der Waals surface area contributed by atoms with E-state index in [0.717, 1.165) is 16.0 Å². The van der Waals surface area contributed by atoms with E-state index in [1.165, 1.54) is 13.1 Å². The van der Waals surface area contributed by atoms with Crippen molar-refractivity contribution in [2.75, 3.05) is 0 Å². The van der Waals surface area contributed by atoms with Crippen molar-refractivity contribution >= 4 is 23.2 Å². The molecule has 2 N–H and O–H groups in total. The van der Waals surface area contributed by atoms with Gasteiger partial charge in [0.25, 0.3) is 11.7 Å². The van der Waals surface area contributed by atoms with Crippen molar-refractivity contribution in [2.24, 2.45) is 7.05 Å². The Bertz CT molecular complexity index is 766. The Hall–Kier alpha value is -2.43. The molecule has 7 nitrogen and oxygen atoms in total. The molecule has 2 aromatic heterocycles. The maximum absolute atomic E-state index is 12.5. The summed E-state index contributed by atoms with van der Waals surface area (Å²) in [6.07, 6.45) is -4.67. The number of alkyl halides is 3. The van der Waals surface area contributed by atoms with Crippen molar-refractivity contribution in [1.82, 2.24) is 20.1 Å². The molecule has 0 atom stereocenters. The minimum Gasteiger partial charge on any atom is -0.477 e. The van der Waals surface area contributed by atoms with Gasteiger partial charge >= 0.3 is 12.1 Å². The van der Waals surface area contributed by atoms with Crippen LogP contribution >= 0.6 is 11.3 Å². The van der Waals surface area contributed by atoms with E-state index in [9.17, 15) is 22.8 Å². The SMILES string of the molecule is Cc1sc(C(=O)O)cc1C(=O)NCc1nc(C(F)(F)F)nn1C. The maximum atomic E-state index is 12.5. The Kier molecular flexibility index (Phi) is 4.41. The number of halogens is 3. The molecule has 0 unspecified atom stereocenters. The number of carboxylic acid groups (broad SMARTS) is 1. The number of nitrogens with one attached hydrogen (secondary N) is 1. The van der Waals surface area contributed by atoms with Crippen LogP contribution in [0.3, 0.4) is 0 Å². The van der Waals surface area contributed by atoms with Gasteiger partial charge in [0.15, 0.2) is 0 Å². The summed E-state index contributed by atoms with van der Waals surface area (Å²) in [7, 11) is 1.28. The van der Waals surface area contributed by atoms with Gasteiger partial charge in [-0.2, -0.15) is 13.2 Å². The van der Waals surface area contributed by atoms with Crippen LogP contribution in [-0.2, 0) is 19.8 Å². The maximum Gasteiger partial charge on any atom is 0.453 e. The average molecular weight is 348 g/mol. The summed E-state index contributed by atoms with van der Waals surface area (Å²) in [6, 6.07) is 1.22. The normalized spacial score (nSPS) is 11.5. The van der Waals surface area contributed by atoms with E-state index in [4.69, 9.17) is 5.11 Å². The first-order valence-corrected chi connectivity index (χ1v) is 7.00. The fourth-order valence-corrected chi connectivity index (χ4v) is 2.61. The van der Waals surface area contributed by atoms with Crippen LogP contribution in [0.5, 0.6) is 0 Å². The summed E-state index contributed by atoms with van der Waals surface area (Å²) in [6.45, 7) is 1.31. The highest BCUT2D eigenvalue weighted by Crippen LogP contribution is 2.26. The molecule has 0 aliphatic carbocycles. The van der Waals surface area contributed by atoms with Gasteiger partial charge in [0, 0.05) is 11.9 Å². The lowest BCUT2D eigenvalue weighted by Gasteiger charge is -2.03. The summed E-state index contributed by atoms with van der Waals surface area (Å²) in [5, 5.41) is 14.5. The molecular weight excluding hydrogens is 337 g/mol. The number of amides is 1. The number of nitrogens with zero attached hydrogens (tertiary/aromatic N) is 3. The van der Waals surface area contributed by atoms with Crippen molar-refractivity contribution in [3.05, 3.63) is 33.0 Å². The third kappa shape index (κ3) is 3.67. The molecule has 0 bridgehead atoms.